The van der Waals surface area contributed by atoms with Gasteiger partial charge in [0.05, 0.1) is 0 Å². The molecule has 0 aromatic rings. The summed E-state index contributed by atoms with van der Waals surface area (Å²) in [6, 6.07) is -0.220. The van der Waals surface area contributed by atoms with Crippen LogP contribution in [-0.2, 0) is 4.79 Å². The molecule has 0 aliphatic carbocycles. The lowest BCUT2D eigenvalue weighted by Crippen LogP contribution is -2.63. The van der Waals surface area contributed by atoms with Crippen molar-refractivity contribution in [2.24, 2.45) is 0 Å². The van der Waals surface area contributed by atoms with Gasteiger partial charge in [0.15, 0.2) is 0 Å². The summed E-state index contributed by atoms with van der Waals surface area (Å²) in [5.41, 5.74) is -1.48. The van der Waals surface area contributed by atoms with Gasteiger partial charge in [-0.05, 0) is 47.0 Å². The monoisotopic (exact) mass is 282 g/mol. The van der Waals surface area contributed by atoms with Crippen LogP contribution < -0.4 is 0 Å². The maximum atomic E-state index is 12.8. The van der Waals surface area contributed by atoms with Crippen LogP contribution in [0.5, 0.6) is 0 Å². The van der Waals surface area contributed by atoms with E-state index in [0.717, 1.165) is 12.8 Å². The minimum absolute atomic E-state index is 0.220. The summed E-state index contributed by atoms with van der Waals surface area (Å²) >= 11 is 0. The lowest BCUT2D eigenvalue weighted by Gasteiger charge is -2.46. The van der Waals surface area contributed by atoms with Crippen LogP contribution in [-0.4, -0.2) is 51.1 Å². The number of hydrogen-bond acceptors (Lipinski definition) is 2. The molecule has 5 nitrogen and oxygen atoms in total. The van der Waals surface area contributed by atoms with Crippen molar-refractivity contribution in [2.75, 3.05) is 13.1 Å². The van der Waals surface area contributed by atoms with Crippen molar-refractivity contribution < 1.29 is 14.7 Å². The molecule has 2 amide bonds. The zero-order valence-corrected chi connectivity index (χ0v) is 13.0. The number of rotatable bonds is 3. The number of carboxylic acid groups (broad SMARTS) is 1. The van der Waals surface area contributed by atoms with Gasteiger partial charge in [-0.25, -0.2) is 9.59 Å². The molecule has 1 aliphatic heterocycles. The molecule has 1 aliphatic rings. The van der Waals surface area contributed by atoms with Crippen molar-refractivity contribution in [3.8, 4) is 0 Å². The summed E-state index contributed by atoms with van der Waals surface area (Å²) in [7, 11) is 0. The number of piperidine rings is 1. The summed E-state index contributed by atoms with van der Waals surface area (Å²) < 4.78 is 0. The van der Waals surface area contributed by atoms with E-state index in [9.17, 15) is 14.7 Å². The molecule has 0 saturated carbocycles. The lowest BCUT2D eigenvalue weighted by atomic mass is 9.88. The molecule has 1 rings (SSSR count). The van der Waals surface area contributed by atoms with Gasteiger partial charge in [0.25, 0.3) is 0 Å². The van der Waals surface area contributed by atoms with Crippen LogP contribution in [0.2, 0.25) is 0 Å². The van der Waals surface area contributed by atoms with Gasteiger partial charge in [0, 0.05) is 18.6 Å². The second-order valence-corrected chi connectivity index (χ2v) is 6.54. The normalized spacial score (nSPS) is 23.3. The molecular formula is C15H26N2O3. The van der Waals surface area contributed by atoms with Crippen LogP contribution in [0, 0.1) is 0 Å². The van der Waals surface area contributed by atoms with E-state index in [-0.39, 0.29) is 11.6 Å². The molecule has 1 N–H and O–H groups in total. The van der Waals surface area contributed by atoms with Gasteiger partial charge in [-0.15, -0.1) is 6.58 Å². The smallest absolute Gasteiger partial charge is 0.329 e. The largest absolute Gasteiger partial charge is 0.480 e. The Morgan fingerprint density at radius 3 is 2.45 bits per heavy atom. The predicted molar refractivity (Wildman–Crippen MR) is 78.6 cm³/mol. The van der Waals surface area contributed by atoms with Crippen LogP contribution in [0.25, 0.3) is 0 Å². The van der Waals surface area contributed by atoms with Crippen molar-refractivity contribution in [2.45, 2.75) is 58.0 Å². The molecule has 1 heterocycles. The fourth-order valence-electron chi connectivity index (χ4n) is 2.56. The van der Waals surface area contributed by atoms with Crippen LogP contribution in [0.3, 0.4) is 0 Å². The number of amides is 2. The number of hydrogen-bond donors (Lipinski definition) is 1. The Morgan fingerprint density at radius 2 is 2.00 bits per heavy atom. The first-order chi connectivity index (χ1) is 9.14. The Hall–Kier alpha value is -1.52. The molecule has 0 aromatic heterocycles. The Bertz CT molecular complexity index is 400. The average Bonchev–Trinajstić information content (AvgIpc) is 2.34. The Labute approximate surface area is 121 Å². The lowest BCUT2D eigenvalue weighted by molar-refractivity contribution is -0.151. The van der Waals surface area contributed by atoms with E-state index in [1.807, 2.05) is 20.8 Å². The maximum absolute atomic E-state index is 12.8. The number of urea groups is 1. The van der Waals surface area contributed by atoms with E-state index >= 15 is 0 Å². The summed E-state index contributed by atoms with van der Waals surface area (Å²) in [6.45, 7) is 12.0. The van der Waals surface area contributed by atoms with E-state index in [2.05, 4.69) is 6.58 Å². The highest BCUT2D eigenvalue weighted by Crippen LogP contribution is 2.30. The molecule has 0 aromatic carbocycles. The van der Waals surface area contributed by atoms with Gasteiger partial charge in [0.2, 0.25) is 0 Å². The van der Waals surface area contributed by atoms with Crippen LogP contribution in [0.15, 0.2) is 12.7 Å². The van der Waals surface area contributed by atoms with E-state index in [1.54, 1.807) is 17.9 Å². The molecule has 0 spiro atoms. The van der Waals surface area contributed by atoms with E-state index in [0.29, 0.717) is 19.5 Å². The number of carbonyl (C=O) groups is 2. The Kier molecular flexibility index (Phi) is 4.84. The van der Waals surface area contributed by atoms with Crippen molar-refractivity contribution in [3.05, 3.63) is 12.7 Å². The third kappa shape index (κ3) is 3.14. The molecule has 1 saturated heterocycles. The second kappa shape index (κ2) is 5.85. The predicted octanol–water partition coefficient (Wildman–Crippen LogP) is 2.72. The van der Waals surface area contributed by atoms with Crippen LogP contribution >= 0.6 is 0 Å². The van der Waals surface area contributed by atoms with Crippen molar-refractivity contribution in [3.63, 3.8) is 0 Å². The summed E-state index contributed by atoms with van der Waals surface area (Å²) in [4.78, 5) is 27.6. The Balaban J connectivity index is 3.08. The number of aliphatic carboxylic acids is 1. The third-order valence-corrected chi connectivity index (χ3v) is 3.94. The van der Waals surface area contributed by atoms with Crippen LogP contribution in [0.1, 0.15) is 47.0 Å². The van der Waals surface area contributed by atoms with Crippen molar-refractivity contribution >= 4 is 12.0 Å². The van der Waals surface area contributed by atoms with Gasteiger partial charge in [-0.3, -0.25) is 0 Å². The van der Waals surface area contributed by atoms with Gasteiger partial charge in [-0.1, -0.05) is 6.08 Å². The second-order valence-electron chi connectivity index (χ2n) is 6.54. The van der Waals surface area contributed by atoms with Crippen LogP contribution in [0.4, 0.5) is 4.79 Å². The molecule has 20 heavy (non-hydrogen) atoms. The Morgan fingerprint density at radius 1 is 1.40 bits per heavy atom. The number of carbonyl (C=O) groups excluding carboxylic acids is 1. The highest BCUT2D eigenvalue weighted by atomic mass is 16.4. The van der Waals surface area contributed by atoms with Gasteiger partial charge >= 0.3 is 12.0 Å². The fourth-order valence-corrected chi connectivity index (χ4v) is 2.56. The zero-order valence-electron chi connectivity index (χ0n) is 13.0. The molecule has 1 fully saturated rings. The number of likely N-dealkylation sites (tertiary alicyclic amines) is 1. The summed E-state index contributed by atoms with van der Waals surface area (Å²) in [6.07, 6.45) is 3.86. The van der Waals surface area contributed by atoms with Crippen molar-refractivity contribution in [1.82, 2.24) is 9.80 Å². The van der Waals surface area contributed by atoms with Gasteiger partial charge in [0.1, 0.15) is 5.54 Å². The summed E-state index contributed by atoms with van der Waals surface area (Å²) in [5, 5.41) is 9.50. The van der Waals surface area contributed by atoms with E-state index in [4.69, 9.17) is 0 Å². The third-order valence-electron chi connectivity index (χ3n) is 3.94. The molecule has 5 heteroatoms. The SMILES string of the molecule is C=CCN(C(=O)N1CCCCC1(C)C(=O)O)C(C)(C)C. The molecule has 1 atom stereocenters. The minimum Gasteiger partial charge on any atom is -0.480 e. The van der Waals surface area contributed by atoms with E-state index < -0.39 is 11.5 Å². The quantitative estimate of drug-likeness (QED) is 0.810. The number of carboxylic acids is 1. The molecule has 114 valence electrons. The first-order valence-electron chi connectivity index (χ1n) is 7.08. The first kappa shape index (κ1) is 16.5. The zero-order chi connectivity index (χ0) is 15.6. The summed E-state index contributed by atoms with van der Waals surface area (Å²) in [5.74, 6) is -0.932. The molecule has 1 unspecified atom stereocenters. The highest BCUT2D eigenvalue weighted by molar-refractivity contribution is 5.86. The fraction of sp³-hybridized carbons (Fsp3) is 0.733. The molecule has 0 bridgehead atoms. The van der Waals surface area contributed by atoms with Crippen molar-refractivity contribution in [1.29, 1.82) is 0 Å². The number of nitrogens with zero attached hydrogens (tertiary/aromatic N) is 2. The van der Waals surface area contributed by atoms with Gasteiger partial charge in [-0.2, -0.15) is 0 Å². The molecular weight excluding hydrogens is 256 g/mol. The maximum Gasteiger partial charge on any atom is 0.329 e. The highest BCUT2D eigenvalue weighted by Gasteiger charge is 2.46. The standard InChI is InChI=1S/C15H26N2O3/c1-6-10-16(14(2,3)4)13(20)17-11-8-7-9-15(17,5)12(18)19/h6H,1,7-11H2,2-5H3,(H,18,19). The molecule has 0 radical (unpaired) electrons. The van der Waals surface area contributed by atoms with E-state index in [1.165, 1.54) is 4.90 Å². The minimum atomic E-state index is -1.11. The topological polar surface area (TPSA) is 60.9 Å². The van der Waals surface area contributed by atoms with Gasteiger partial charge < -0.3 is 14.9 Å². The average molecular weight is 282 g/mol. The first-order valence-corrected chi connectivity index (χ1v) is 7.08.